The van der Waals surface area contributed by atoms with Crippen molar-refractivity contribution in [1.29, 1.82) is 0 Å². The lowest BCUT2D eigenvalue weighted by molar-refractivity contribution is -0.146. The standard InChI is InChI=1S/C16H26N2O4/c1-16(14(19)18-9-11-21-12-10-18)7-4-3-5-13(6-8-16)22-15(20)17-2/h3,5,13H,4,6-12H2,1-2H3,(H,17,20)/b5-3+/t13-,16+/m1/s1. The van der Waals surface area contributed by atoms with Gasteiger partial charge in [0.2, 0.25) is 5.91 Å². The van der Waals surface area contributed by atoms with Crippen LogP contribution in [0.2, 0.25) is 0 Å². The lowest BCUT2D eigenvalue weighted by Crippen LogP contribution is -2.48. The number of carbonyl (C=O) groups excluding carboxylic acids is 2. The maximum atomic E-state index is 12.9. The second-order valence-electron chi connectivity index (χ2n) is 6.16. The Morgan fingerprint density at radius 3 is 2.73 bits per heavy atom. The fourth-order valence-electron chi connectivity index (χ4n) is 2.99. The van der Waals surface area contributed by atoms with Crippen molar-refractivity contribution in [2.75, 3.05) is 33.4 Å². The normalized spacial score (nSPS) is 30.8. The summed E-state index contributed by atoms with van der Waals surface area (Å²) < 4.78 is 10.6. The van der Waals surface area contributed by atoms with Gasteiger partial charge in [-0.25, -0.2) is 4.79 Å². The predicted octanol–water partition coefficient (Wildman–Crippen LogP) is 1.71. The summed E-state index contributed by atoms with van der Waals surface area (Å²) in [6, 6.07) is 0. The van der Waals surface area contributed by atoms with Gasteiger partial charge in [-0.2, -0.15) is 0 Å². The molecule has 6 nitrogen and oxygen atoms in total. The second-order valence-corrected chi connectivity index (χ2v) is 6.16. The summed E-state index contributed by atoms with van der Waals surface area (Å²) in [7, 11) is 1.54. The monoisotopic (exact) mass is 310 g/mol. The van der Waals surface area contributed by atoms with Crippen molar-refractivity contribution in [3.63, 3.8) is 0 Å². The van der Waals surface area contributed by atoms with Crippen LogP contribution in [-0.4, -0.2) is 56.4 Å². The molecule has 0 unspecified atom stereocenters. The molecule has 0 aromatic heterocycles. The third-order valence-corrected chi connectivity index (χ3v) is 4.47. The molecule has 2 atom stereocenters. The number of morpholine rings is 1. The number of hydrogen-bond donors (Lipinski definition) is 1. The highest BCUT2D eigenvalue weighted by Crippen LogP contribution is 2.34. The maximum absolute atomic E-state index is 12.9. The number of hydrogen-bond acceptors (Lipinski definition) is 4. The molecule has 6 heteroatoms. The number of allylic oxidation sites excluding steroid dienone is 1. The first kappa shape index (κ1) is 16.8. The average molecular weight is 310 g/mol. The molecule has 0 spiro atoms. The van der Waals surface area contributed by atoms with Crippen LogP contribution in [0, 0.1) is 5.41 Å². The van der Waals surface area contributed by atoms with E-state index in [-0.39, 0.29) is 12.0 Å². The number of amides is 2. The fourth-order valence-corrected chi connectivity index (χ4v) is 2.99. The minimum absolute atomic E-state index is 0.199. The van der Waals surface area contributed by atoms with Gasteiger partial charge in [0.15, 0.2) is 0 Å². The van der Waals surface area contributed by atoms with E-state index in [1.54, 1.807) is 7.05 Å². The molecule has 1 fully saturated rings. The Morgan fingerprint density at radius 2 is 2.05 bits per heavy atom. The highest BCUT2D eigenvalue weighted by Gasteiger charge is 2.37. The zero-order valence-electron chi connectivity index (χ0n) is 13.5. The van der Waals surface area contributed by atoms with Crippen LogP contribution in [-0.2, 0) is 14.3 Å². The van der Waals surface area contributed by atoms with E-state index in [0.29, 0.717) is 32.7 Å². The smallest absolute Gasteiger partial charge is 0.407 e. The zero-order chi connectivity index (χ0) is 16.0. The molecule has 1 N–H and O–H groups in total. The minimum Gasteiger partial charge on any atom is -0.442 e. The summed E-state index contributed by atoms with van der Waals surface area (Å²) in [4.78, 5) is 26.1. The van der Waals surface area contributed by atoms with Crippen molar-refractivity contribution in [2.45, 2.75) is 38.7 Å². The molecule has 0 aromatic rings. The van der Waals surface area contributed by atoms with E-state index in [4.69, 9.17) is 9.47 Å². The summed E-state index contributed by atoms with van der Waals surface area (Å²) in [6.07, 6.45) is 6.26. The van der Waals surface area contributed by atoms with Gasteiger partial charge in [0.25, 0.3) is 0 Å². The number of carbonyl (C=O) groups is 2. The van der Waals surface area contributed by atoms with E-state index >= 15 is 0 Å². The Hall–Kier alpha value is -1.56. The Morgan fingerprint density at radius 1 is 1.32 bits per heavy atom. The molecule has 0 aromatic carbocycles. The summed E-state index contributed by atoms with van der Waals surface area (Å²) in [5.74, 6) is 0.199. The molecule has 124 valence electrons. The SMILES string of the molecule is CNC(=O)O[C@@H]1/C=C/CC[C@](C)(C(=O)N2CCOCC2)CC1. The van der Waals surface area contributed by atoms with E-state index in [9.17, 15) is 9.59 Å². The molecule has 0 radical (unpaired) electrons. The number of ether oxygens (including phenoxy) is 2. The molecule has 1 saturated heterocycles. The van der Waals surface area contributed by atoms with Crippen LogP contribution in [0.3, 0.4) is 0 Å². The fraction of sp³-hybridized carbons (Fsp3) is 0.750. The number of nitrogens with zero attached hydrogens (tertiary/aromatic N) is 1. The van der Waals surface area contributed by atoms with Crippen LogP contribution in [0.25, 0.3) is 0 Å². The maximum Gasteiger partial charge on any atom is 0.407 e. The van der Waals surface area contributed by atoms with Crippen molar-refractivity contribution < 1.29 is 19.1 Å². The number of rotatable bonds is 2. The van der Waals surface area contributed by atoms with Crippen molar-refractivity contribution in [3.8, 4) is 0 Å². The molecule has 1 aliphatic carbocycles. The molecular formula is C16H26N2O4. The molecule has 2 aliphatic rings. The van der Waals surface area contributed by atoms with Crippen molar-refractivity contribution in [2.24, 2.45) is 5.41 Å². The number of alkyl carbamates (subject to hydrolysis) is 1. The summed E-state index contributed by atoms with van der Waals surface area (Å²) in [5.41, 5.74) is -0.396. The van der Waals surface area contributed by atoms with Crippen LogP contribution in [0.5, 0.6) is 0 Å². The van der Waals surface area contributed by atoms with E-state index in [1.165, 1.54) is 0 Å². The van der Waals surface area contributed by atoms with Gasteiger partial charge in [0, 0.05) is 25.6 Å². The zero-order valence-corrected chi connectivity index (χ0v) is 13.5. The summed E-state index contributed by atoms with van der Waals surface area (Å²) >= 11 is 0. The first-order chi connectivity index (χ1) is 10.5. The summed E-state index contributed by atoms with van der Waals surface area (Å²) in [5, 5.41) is 2.46. The molecule has 0 saturated carbocycles. The Balaban J connectivity index is 1.99. The topological polar surface area (TPSA) is 67.9 Å². The van der Waals surface area contributed by atoms with Gasteiger partial charge in [-0.15, -0.1) is 0 Å². The van der Waals surface area contributed by atoms with E-state index in [2.05, 4.69) is 5.32 Å². The van der Waals surface area contributed by atoms with Crippen LogP contribution in [0.15, 0.2) is 12.2 Å². The minimum atomic E-state index is -0.434. The van der Waals surface area contributed by atoms with Crippen molar-refractivity contribution in [3.05, 3.63) is 12.2 Å². The first-order valence-electron chi connectivity index (χ1n) is 7.97. The largest absolute Gasteiger partial charge is 0.442 e. The van der Waals surface area contributed by atoms with Gasteiger partial charge in [-0.05, 0) is 31.8 Å². The molecule has 22 heavy (non-hydrogen) atoms. The molecule has 0 bridgehead atoms. The molecular weight excluding hydrogens is 284 g/mol. The third kappa shape index (κ3) is 4.22. The van der Waals surface area contributed by atoms with E-state index in [1.807, 2.05) is 24.0 Å². The van der Waals surface area contributed by atoms with Crippen LogP contribution in [0.1, 0.15) is 32.6 Å². The highest BCUT2D eigenvalue weighted by atomic mass is 16.6. The Bertz CT molecular complexity index is 432. The van der Waals surface area contributed by atoms with Crippen LogP contribution in [0.4, 0.5) is 4.79 Å². The van der Waals surface area contributed by atoms with Crippen molar-refractivity contribution >= 4 is 12.0 Å². The van der Waals surface area contributed by atoms with Crippen molar-refractivity contribution in [1.82, 2.24) is 10.2 Å². The van der Waals surface area contributed by atoms with Gasteiger partial charge >= 0.3 is 6.09 Å². The van der Waals surface area contributed by atoms with Gasteiger partial charge in [-0.3, -0.25) is 4.79 Å². The lowest BCUT2D eigenvalue weighted by Gasteiger charge is -2.37. The average Bonchev–Trinajstić information content (AvgIpc) is 2.54. The van der Waals surface area contributed by atoms with Crippen LogP contribution >= 0.6 is 0 Å². The van der Waals surface area contributed by atoms with Gasteiger partial charge in [0.05, 0.1) is 13.2 Å². The molecule has 1 aliphatic heterocycles. The molecule has 2 rings (SSSR count). The predicted molar refractivity (Wildman–Crippen MR) is 82.4 cm³/mol. The third-order valence-electron chi connectivity index (χ3n) is 4.47. The lowest BCUT2D eigenvalue weighted by atomic mass is 9.77. The quantitative estimate of drug-likeness (QED) is 0.788. The Kier molecular flexibility index (Phi) is 5.83. The van der Waals surface area contributed by atoms with Crippen LogP contribution < -0.4 is 5.32 Å². The molecule has 2 amide bonds. The van der Waals surface area contributed by atoms with Gasteiger partial charge in [0.1, 0.15) is 6.10 Å². The first-order valence-corrected chi connectivity index (χ1v) is 7.97. The molecule has 1 heterocycles. The van der Waals surface area contributed by atoms with Gasteiger partial charge in [-0.1, -0.05) is 13.0 Å². The van der Waals surface area contributed by atoms with E-state index < -0.39 is 11.5 Å². The highest BCUT2D eigenvalue weighted by molar-refractivity contribution is 5.82. The summed E-state index contributed by atoms with van der Waals surface area (Å²) in [6.45, 7) is 4.60. The van der Waals surface area contributed by atoms with E-state index in [0.717, 1.165) is 19.3 Å². The van der Waals surface area contributed by atoms with Gasteiger partial charge < -0.3 is 19.7 Å². The second kappa shape index (κ2) is 7.63. The number of nitrogens with one attached hydrogen (secondary N) is 1. The Labute approximate surface area is 131 Å².